The molecule has 1 nitrogen and oxygen atoms in total. The number of benzene rings is 1. The number of rotatable bonds is 1. The fourth-order valence-corrected chi connectivity index (χ4v) is 1.30. The van der Waals surface area contributed by atoms with E-state index in [1.165, 1.54) is 0 Å². The molecule has 0 aliphatic rings. The van der Waals surface area contributed by atoms with Crippen molar-refractivity contribution in [1.82, 2.24) is 0 Å². The molecule has 1 rings (SSSR count). The molecule has 1 aromatic carbocycles. The molecule has 0 unspecified atom stereocenters. The van der Waals surface area contributed by atoms with Crippen LogP contribution in [-0.2, 0) is 0 Å². The molecule has 14 heavy (non-hydrogen) atoms. The first kappa shape index (κ1) is 10.8. The monoisotopic (exact) mass is 247 g/mol. The number of nitrogens with zero attached hydrogens (tertiary/aromatic N) is 1. The van der Waals surface area contributed by atoms with Gasteiger partial charge in [0.05, 0.1) is 11.6 Å². The Labute approximate surface area is 92.9 Å². The Morgan fingerprint density at radius 3 is 2.71 bits per heavy atom. The van der Waals surface area contributed by atoms with Crippen LogP contribution >= 0.6 is 15.9 Å². The second kappa shape index (κ2) is 5.47. The molecular formula is C12H10BrN. The van der Waals surface area contributed by atoms with Crippen LogP contribution in [0, 0.1) is 30.1 Å². The average molecular weight is 248 g/mol. The van der Waals surface area contributed by atoms with Crippen LogP contribution in [0.4, 0.5) is 0 Å². The third-order valence-electron chi connectivity index (χ3n) is 1.90. The van der Waals surface area contributed by atoms with Crippen LogP contribution < -0.4 is 0 Å². The van der Waals surface area contributed by atoms with Crippen molar-refractivity contribution in [2.75, 3.05) is 5.33 Å². The highest BCUT2D eigenvalue weighted by Gasteiger charge is 1.99. The van der Waals surface area contributed by atoms with Crippen LogP contribution in [0.25, 0.3) is 0 Å². The maximum absolute atomic E-state index is 8.81. The van der Waals surface area contributed by atoms with E-state index < -0.39 is 0 Å². The van der Waals surface area contributed by atoms with Gasteiger partial charge in [-0.2, -0.15) is 5.26 Å². The molecule has 1 aromatic rings. The van der Waals surface area contributed by atoms with E-state index in [1.807, 2.05) is 25.1 Å². The van der Waals surface area contributed by atoms with Gasteiger partial charge < -0.3 is 0 Å². The van der Waals surface area contributed by atoms with E-state index in [1.54, 1.807) is 0 Å². The maximum Gasteiger partial charge on any atom is 0.0994 e. The molecular weight excluding hydrogens is 238 g/mol. The third-order valence-corrected chi connectivity index (χ3v) is 2.29. The second-order valence-corrected chi connectivity index (χ2v) is 3.62. The SMILES string of the molecule is Cc1c(C#N)cccc1C#CCCBr. The molecule has 0 N–H and O–H groups in total. The van der Waals surface area contributed by atoms with Gasteiger partial charge >= 0.3 is 0 Å². The van der Waals surface area contributed by atoms with E-state index in [0.717, 1.165) is 22.9 Å². The molecule has 0 atom stereocenters. The highest BCUT2D eigenvalue weighted by Crippen LogP contribution is 2.11. The summed E-state index contributed by atoms with van der Waals surface area (Å²) in [6.45, 7) is 1.93. The summed E-state index contributed by atoms with van der Waals surface area (Å²) in [6, 6.07) is 7.77. The van der Waals surface area contributed by atoms with Gasteiger partial charge in [-0.3, -0.25) is 0 Å². The van der Waals surface area contributed by atoms with Gasteiger partial charge in [0.1, 0.15) is 0 Å². The first-order chi connectivity index (χ1) is 6.79. The Morgan fingerprint density at radius 1 is 1.36 bits per heavy atom. The summed E-state index contributed by atoms with van der Waals surface area (Å²) < 4.78 is 0. The minimum Gasteiger partial charge on any atom is -0.192 e. The summed E-state index contributed by atoms with van der Waals surface area (Å²) in [5.74, 6) is 6.09. The molecule has 0 heterocycles. The lowest BCUT2D eigenvalue weighted by Gasteiger charge is -1.98. The van der Waals surface area contributed by atoms with Gasteiger partial charge in [-0.05, 0) is 24.6 Å². The van der Waals surface area contributed by atoms with E-state index in [2.05, 4.69) is 33.8 Å². The van der Waals surface area contributed by atoms with Gasteiger partial charge in [-0.15, -0.1) is 0 Å². The zero-order chi connectivity index (χ0) is 10.4. The molecule has 0 spiro atoms. The van der Waals surface area contributed by atoms with Gasteiger partial charge in [0.2, 0.25) is 0 Å². The summed E-state index contributed by atoms with van der Waals surface area (Å²) in [7, 11) is 0. The Hall–Kier alpha value is -1.25. The molecule has 0 bridgehead atoms. The van der Waals surface area contributed by atoms with E-state index in [9.17, 15) is 0 Å². The van der Waals surface area contributed by atoms with Gasteiger partial charge in [-0.1, -0.05) is 33.8 Å². The highest BCUT2D eigenvalue weighted by molar-refractivity contribution is 9.09. The van der Waals surface area contributed by atoms with Gasteiger partial charge in [0.25, 0.3) is 0 Å². The number of hydrogen-bond acceptors (Lipinski definition) is 1. The Kier molecular flexibility index (Phi) is 4.23. The largest absolute Gasteiger partial charge is 0.192 e. The molecule has 0 fully saturated rings. The maximum atomic E-state index is 8.81. The number of halogens is 1. The van der Waals surface area contributed by atoms with Crippen molar-refractivity contribution in [3.63, 3.8) is 0 Å². The van der Waals surface area contributed by atoms with Crippen LogP contribution in [0.1, 0.15) is 23.1 Å². The lowest BCUT2D eigenvalue weighted by molar-refractivity contribution is 1.31. The minimum absolute atomic E-state index is 0.704. The Balaban J connectivity index is 3.01. The number of alkyl halides is 1. The smallest absolute Gasteiger partial charge is 0.0994 e. The Bertz CT molecular complexity index is 418. The summed E-state index contributed by atoms with van der Waals surface area (Å²) in [5, 5.41) is 9.69. The van der Waals surface area contributed by atoms with Crippen molar-refractivity contribution in [3.8, 4) is 17.9 Å². The number of nitriles is 1. The molecule has 2 heteroatoms. The predicted molar refractivity (Wildman–Crippen MR) is 61.2 cm³/mol. The van der Waals surface area contributed by atoms with Crippen molar-refractivity contribution in [3.05, 3.63) is 34.9 Å². The van der Waals surface area contributed by atoms with E-state index in [-0.39, 0.29) is 0 Å². The van der Waals surface area contributed by atoms with Crippen LogP contribution in [0.5, 0.6) is 0 Å². The topological polar surface area (TPSA) is 23.8 Å². The summed E-state index contributed by atoms with van der Waals surface area (Å²) in [4.78, 5) is 0. The zero-order valence-electron chi connectivity index (χ0n) is 7.97. The van der Waals surface area contributed by atoms with E-state index in [0.29, 0.717) is 5.56 Å². The van der Waals surface area contributed by atoms with Crippen LogP contribution in [0.15, 0.2) is 18.2 Å². The average Bonchev–Trinajstić information content (AvgIpc) is 2.21. The predicted octanol–water partition coefficient (Wildman–Crippen LogP) is 3.00. The van der Waals surface area contributed by atoms with Crippen LogP contribution in [-0.4, -0.2) is 5.33 Å². The molecule has 0 aromatic heterocycles. The lowest BCUT2D eigenvalue weighted by atomic mass is 10.0. The molecule has 0 aliphatic heterocycles. The zero-order valence-corrected chi connectivity index (χ0v) is 9.56. The molecule has 0 amide bonds. The lowest BCUT2D eigenvalue weighted by Crippen LogP contribution is -1.86. The van der Waals surface area contributed by atoms with Crippen molar-refractivity contribution in [2.24, 2.45) is 0 Å². The summed E-state index contributed by atoms with van der Waals surface area (Å²) >= 11 is 3.31. The van der Waals surface area contributed by atoms with Crippen molar-refractivity contribution in [1.29, 1.82) is 5.26 Å². The van der Waals surface area contributed by atoms with Gasteiger partial charge in [0.15, 0.2) is 0 Å². The van der Waals surface area contributed by atoms with Crippen LogP contribution in [0.2, 0.25) is 0 Å². The van der Waals surface area contributed by atoms with E-state index >= 15 is 0 Å². The third kappa shape index (κ3) is 2.62. The standard InChI is InChI=1S/C12H10BrN/c1-10-11(5-2-3-8-13)6-4-7-12(10)9-14/h4,6-7H,3,8H2,1H3. The van der Waals surface area contributed by atoms with Crippen LogP contribution in [0.3, 0.4) is 0 Å². The quantitative estimate of drug-likeness (QED) is 0.553. The number of hydrogen-bond donors (Lipinski definition) is 0. The minimum atomic E-state index is 0.704. The summed E-state index contributed by atoms with van der Waals surface area (Å²) in [6.07, 6.45) is 0.830. The molecule has 0 radical (unpaired) electrons. The van der Waals surface area contributed by atoms with Gasteiger partial charge in [-0.25, -0.2) is 0 Å². The molecule has 0 saturated heterocycles. The molecule has 0 aliphatic carbocycles. The van der Waals surface area contributed by atoms with Crippen molar-refractivity contribution >= 4 is 15.9 Å². The second-order valence-electron chi connectivity index (χ2n) is 2.83. The normalized spacial score (nSPS) is 8.64. The molecule has 0 saturated carbocycles. The first-order valence-corrected chi connectivity index (χ1v) is 5.46. The van der Waals surface area contributed by atoms with Gasteiger partial charge in [0, 0.05) is 17.3 Å². The van der Waals surface area contributed by atoms with E-state index in [4.69, 9.17) is 5.26 Å². The summed E-state index contributed by atoms with van der Waals surface area (Å²) in [5.41, 5.74) is 2.62. The van der Waals surface area contributed by atoms with Crippen molar-refractivity contribution < 1.29 is 0 Å². The van der Waals surface area contributed by atoms with Crippen molar-refractivity contribution in [2.45, 2.75) is 13.3 Å². The molecule has 70 valence electrons. The fourth-order valence-electron chi connectivity index (χ4n) is 1.10. The first-order valence-electron chi connectivity index (χ1n) is 4.34. The Morgan fingerprint density at radius 2 is 2.07 bits per heavy atom. The highest BCUT2D eigenvalue weighted by atomic mass is 79.9. The fraction of sp³-hybridized carbons (Fsp3) is 0.250.